The lowest BCUT2D eigenvalue weighted by Gasteiger charge is -2.35. The summed E-state index contributed by atoms with van der Waals surface area (Å²) >= 11 is 0. The summed E-state index contributed by atoms with van der Waals surface area (Å²) in [6, 6.07) is 11.2. The van der Waals surface area contributed by atoms with Gasteiger partial charge in [-0.1, -0.05) is 18.2 Å². The molecular formula is C20H18F3N3O3. The van der Waals surface area contributed by atoms with Crippen LogP contribution in [0.2, 0.25) is 0 Å². The van der Waals surface area contributed by atoms with Crippen molar-refractivity contribution in [3.63, 3.8) is 0 Å². The molecule has 0 saturated carbocycles. The van der Waals surface area contributed by atoms with E-state index in [0.29, 0.717) is 37.4 Å². The van der Waals surface area contributed by atoms with Crippen LogP contribution >= 0.6 is 0 Å². The maximum absolute atomic E-state index is 12.9. The zero-order valence-electron chi connectivity index (χ0n) is 15.3. The number of alkyl halides is 3. The predicted molar refractivity (Wildman–Crippen MR) is 102 cm³/mol. The fraction of sp³-hybridized carbons (Fsp3) is 0.250. The second-order valence-electron chi connectivity index (χ2n) is 6.51. The number of para-hydroxylation sites is 1. The Hall–Kier alpha value is -3.36. The van der Waals surface area contributed by atoms with Gasteiger partial charge in [-0.05, 0) is 30.3 Å². The monoisotopic (exact) mass is 405 g/mol. The van der Waals surface area contributed by atoms with E-state index in [2.05, 4.69) is 0 Å². The molecule has 1 aliphatic rings. The number of nitro benzene ring substituents is 1. The summed E-state index contributed by atoms with van der Waals surface area (Å²) in [5.74, 6) is -0.299. The first-order valence-corrected chi connectivity index (χ1v) is 8.88. The van der Waals surface area contributed by atoms with E-state index in [1.807, 2.05) is 0 Å². The van der Waals surface area contributed by atoms with E-state index < -0.39 is 16.7 Å². The molecule has 0 radical (unpaired) electrons. The average Bonchev–Trinajstić information content (AvgIpc) is 2.71. The van der Waals surface area contributed by atoms with E-state index in [9.17, 15) is 28.1 Å². The van der Waals surface area contributed by atoms with Crippen LogP contribution in [0.4, 0.5) is 24.5 Å². The molecule has 1 aliphatic heterocycles. The molecule has 1 heterocycles. The topological polar surface area (TPSA) is 66.7 Å². The molecule has 0 aliphatic carbocycles. The maximum Gasteiger partial charge on any atom is 0.416 e. The zero-order valence-corrected chi connectivity index (χ0v) is 15.3. The van der Waals surface area contributed by atoms with Gasteiger partial charge in [-0.15, -0.1) is 0 Å². The second kappa shape index (κ2) is 8.34. The van der Waals surface area contributed by atoms with Gasteiger partial charge >= 0.3 is 6.18 Å². The summed E-state index contributed by atoms with van der Waals surface area (Å²) in [6.45, 7) is 1.48. The standard InChI is InChI=1S/C20H18F3N3O3/c21-20(22,23)16-5-3-6-17(14-16)24-10-12-25(13-11-24)19(27)9-8-15-4-1-2-7-18(15)26(28)29/h1-9,14H,10-13H2. The lowest BCUT2D eigenvalue weighted by atomic mass is 10.1. The van der Waals surface area contributed by atoms with Crippen LogP contribution in [-0.4, -0.2) is 41.9 Å². The molecule has 1 fully saturated rings. The first kappa shape index (κ1) is 20.4. The van der Waals surface area contributed by atoms with Crippen LogP contribution in [0.5, 0.6) is 0 Å². The average molecular weight is 405 g/mol. The summed E-state index contributed by atoms with van der Waals surface area (Å²) in [4.78, 5) is 26.3. The molecule has 2 aromatic carbocycles. The lowest BCUT2D eigenvalue weighted by molar-refractivity contribution is -0.385. The molecule has 2 aromatic rings. The van der Waals surface area contributed by atoms with E-state index in [1.165, 1.54) is 24.3 Å². The van der Waals surface area contributed by atoms with Crippen LogP contribution in [0.15, 0.2) is 54.6 Å². The van der Waals surface area contributed by atoms with Gasteiger partial charge < -0.3 is 9.80 Å². The molecule has 0 N–H and O–H groups in total. The van der Waals surface area contributed by atoms with Gasteiger partial charge in [0.25, 0.3) is 5.69 Å². The van der Waals surface area contributed by atoms with Gasteiger partial charge in [-0.2, -0.15) is 13.2 Å². The Bertz CT molecular complexity index is 936. The molecule has 0 aromatic heterocycles. The molecule has 0 spiro atoms. The third-order valence-corrected chi connectivity index (χ3v) is 4.67. The van der Waals surface area contributed by atoms with Crippen molar-refractivity contribution in [2.75, 3.05) is 31.1 Å². The maximum atomic E-state index is 12.9. The van der Waals surface area contributed by atoms with E-state index in [-0.39, 0.29) is 11.6 Å². The number of halogens is 3. The van der Waals surface area contributed by atoms with Crippen LogP contribution in [-0.2, 0) is 11.0 Å². The van der Waals surface area contributed by atoms with Crippen molar-refractivity contribution in [2.24, 2.45) is 0 Å². The number of nitrogens with zero attached hydrogens (tertiary/aromatic N) is 3. The zero-order chi connectivity index (χ0) is 21.0. The smallest absolute Gasteiger partial charge is 0.368 e. The minimum Gasteiger partial charge on any atom is -0.368 e. The van der Waals surface area contributed by atoms with E-state index in [1.54, 1.807) is 34.1 Å². The number of piperazine rings is 1. The first-order chi connectivity index (χ1) is 13.8. The Balaban J connectivity index is 1.63. The lowest BCUT2D eigenvalue weighted by Crippen LogP contribution is -2.48. The molecule has 6 nitrogen and oxygen atoms in total. The van der Waals surface area contributed by atoms with Crippen molar-refractivity contribution >= 4 is 23.4 Å². The highest BCUT2D eigenvalue weighted by atomic mass is 19.4. The highest BCUT2D eigenvalue weighted by Crippen LogP contribution is 2.31. The Labute approximate surface area is 165 Å². The number of hydrogen-bond donors (Lipinski definition) is 0. The molecular weight excluding hydrogens is 387 g/mol. The summed E-state index contributed by atoms with van der Waals surface area (Å²) in [5.41, 5.74) is -0.0114. The van der Waals surface area contributed by atoms with Crippen LogP contribution in [0, 0.1) is 10.1 Å². The van der Waals surface area contributed by atoms with Crippen molar-refractivity contribution < 1.29 is 22.9 Å². The third-order valence-electron chi connectivity index (χ3n) is 4.67. The fourth-order valence-corrected chi connectivity index (χ4v) is 3.13. The fourth-order valence-electron chi connectivity index (χ4n) is 3.13. The van der Waals surface area contributed by atoms with Gasteiger partial charge in [0.1, 0.15) is 0 Å². The van der Waals surface area contributed by atoms with E-state index >= 15 is 0 Å². The van der Waals surface area contributed by atoms with Gasteiger partial charge in [0.2, 0.25) is 5.91 Å². The van der Waals surface area contributed by atoms with Gasteiger partial charge in [0, 0.05) is 44.0 Å². The third kappa shape index (κ3) is 4.92. The number of hydrogen-bond acceptors (Lipinski definition) is 4. The highest BCUT2D eigenvalue weighted by Gasteiger charge is 2.31. The van der Waals surface area contributed by atoms with E-state index in [0.717, 1.165) is 12.1 Å². The van der Waals surface area contributed by atoms with Crippen LogP contribution < -0.4 is 4.90 Å². The van der Waals surface area contributed by atoms with Gasteiger partial charge in [-0.25, -0.2) is 0 Å². The predicted octanol–water partition coefficient (Wildman–Crippen LogP) is 3.98. The molecule has 3 rings (SSSR count). The first-order valence-electron chi connectivity index (χ1n) is 8.88. The summed E-state index contributed by atoms with van der Waals surface area (Å²) < 4.78 is 38.7. The molecule has 1 amide bonds. The number of carbonyl (C=O) groups is 1. The number of carbonyl (C=O) groups excluding carboxylic acids is 1. The Morgan fingerprint density at radius 2 is 1.72 bits per heavy atom. The van der Waals surface area contributed by atoms with Crippen LogP contribution in [0.25, 0.3) is 6.08 Å². The number of anilines is 1. The van der Waals surface area contributed by atoms with Crippen molar-refractivity contribution in [3.8, 4) is 0 Å². The molecule has 0 atom stereocenters. The Morgan fingerprint density at radius 1 is 1.03 bits per heavy atom. The molecule has 0 bridgehead atoms. The van der Waals surface area contributed by atoms with Gasteiger partial charge in [0.05, 0.1) is 16.1 Å². The normalized spacial score (nSPS) is 15.0. The van der Waals surface area contributed by atoms with Crippen LogP contribution in [0.3, 0.4) is 0 Å². The summed E-state index contributed by atoms with van der Waals surface area (Å²) in [7, 11) is 0. The number of benzene rings is 2. The minimum atomic E-state index is -4.40. The SMILES string of the molecule is O=C(C=Cc1ccccc1[N+](=O)[O-])N1CCN(c2cccc(C(F)(F)F)c2)CC1. The van der Waals surface area contributed by atoms with Crippen molar-refractivity contribution in [3.05, 3.63) is 75.8 Å². The van der Waals surface area contributed by atoms with Crippen molar-refractivity contribution in [2.45, 2.75) is 6.18 Å². The number of rotatable bonds is 4. The Kier molecular flexibility index (Phi) is 5.86. The molecule has 29 heavy (non-hydrogen) atoms. The van der Waals surface area contributed by atoms with Gasteiger partial charge in [-0.3, -0.25) is 14.9 Å². The molecule has 0 unspecified atom stereocenters. The number of nitro groups is 1. The van der Waals surface area contributed by atoms with Crippen LogP contribution in [0.1, 0.15) is 11.1 Å². The highest BCUT2D eigenvalue weighted by molar-refractivity contribution is 5.92. The van der Waals surface area contributed by atoms with Crippen molar-refractivity contribution in [1.29, 1.82) is 0 Å². The quantitative estimate of drug-likeness (QED) is 0.439. The largest absolute Gasteiger partial charge is 0.416 e. The molecule has 1 saturated heterocycles. The summed E-state index contributed by atoms with van der Waals surface area (Å²) in [6.07, 6.45) is -1.72. The minimum absolute atomic E-state index is 0.0917. The van der Waals surface area contributed by atoms with Gasteiger partial charge in [0.15, 0.2) is 0 Å². The summed E-state index contributed by atoms with van der Waals surface area (Å²) in [5, 5.41) is 11.0. The second-order valence-corrected chi connectivity index (χ2v) is 6.51. The van der Waals surface area contributed by atoms with Crippen molar-refractivity contribution in [1.82, 2.24) is 4.90 Å². The van der Waals surface area contributed by atoms with E-state index in [4.69, 9.17) is 0 Å². The molecule has 9 heteroatoms. The Morgan fingerprint density at radius 3 is 2.38 bits per heavy atom. The number of amides is 1. The molecule has 152 valence electrons.